The Morgan fingerprint density at radius 2 is 1.76 bits per heavy atom. The molecule has 0 atom stereocenters. The van der Waals surface area contributed by atoms with Crippen LogP contribution in [0.15, 0.2) is 39.8 Å². The van der Waals surface area contributed by atoms with Gasteiger partial charge in [-0.3, -0.25) is 14.7 Å². The highest BCUT2D eigenvalue weighted by molar-refractivity contribution is 6.27. The van der Waals surface area contributed by atoms with Gasteiger partial charge in [0.05, 0.1) is 16.8 Å². The minimum atomic E-state index is -0.953. The van der Waals surface area contributed by atoms with Gasteiger partial charge in [0, 0.05) is 5.69 Å². The normalized spacial score (nSPS) is 16.4. The van der Waals surface area contributed by atoms with Gasteiger partial charge in [0.15, 0.2) is 0 Å². The van der Waals surface area contributed by atoms with Crippen LogP contribution in [-0.2, 0) is 4.79 Å². The number of nitrogens with two attached hydrogens (primary N) is 2. The Morgan fingerprint density at radius 3 is 2.28 bits per heavy atom. The number of aromatic nitrogens is 2. The molecule has 1 aliphatic heterocycles. The number of rotatable bonds is 3. The van der Waals surface area contributed by atoms with Crippen LogP contribution < -0.4 is 17.0 Å². The van der Waals surface area contributed by atoms with Crippen molar-refractivity contribution < 1.29 is 14.4 Å². The lowest BCUT2D eigenvalue weighted by molar-refractivity contribution is -0.122. The number of imide groups is 1. The van der Waals surface area contributed by atoms with Gasteiger partial charge in [-0.05, 0) is 26.0 Å². The van der Waals surface area contributed by atoms with E-state index in [9.17, 15) is 19.2 Å². The Labute approximate surface area is 141 Å². The molecular formula is C15H16N6O4. The maximum Gasteiger partial charge on any atom is 0.342 e. The first-order valence-corrected chi connectivity index (χ1v) is 7.10. The lowest BCUT2D eigenvalue weighted by atomic mass is 10.1. The van der Waals surface area contributed by atoms with Crippen LogP contribution in [0, 0.1) is 6.92 Å². The fraction of sp³-hybridized carbons (Fsp3) is 0.133. The van der Waals surface area contributed by atoms with Crippen molar-refractivity contribution in [3.05, 3.63) is 51.5 Å². The van der Waals surface area contributed by atoms with Crippen LogP contribution in [0.2, 0.25) is 0 Å². The van der Waals surface area contributed by atoms with E-state index in [1.54, 1.807) is 32.1 Å². The SMILES string of the molecule is CC1=NN(C(N)=O)C(=O)C1=CC=CC=Cc1c(C)[nH]n(C(N)=O)c1=O. The standard InChI is InChI=1S/C15H16N6O4/c1-8-10(12(22)20(18-8)14(16)24)6-4-3-5-7-11-9(2)19-21(13(11)23)15(17)25/h3-7,18H,1-2H3,(H2,16,24)(H2,17,25). The molecule has 1 aromatic rings. The molecular weight excluding hydrogens is 328 g/mol. The average molecular weight is 344 g/mol. The predicted molar refractivity (Wildman–Crippen MR) is 90.6 cm³/mol. The van der Waals surface area contributed by atoms with Crippen molar-refractivity contribution in [1.29, 1.82) is 0 Å². The fourth-order valence-electron chi connectivity index (χ4n) is 2.14. The summed E-state index contributed by atoms with van der Waals surface area (Å²) in [7, 11) is 0. The first-order chi connectivity index (χ1) is 11.7. The molecule has 130 valence electrons. The molecule has 0 aromatic carbocycles. The highest BCUT2D eigenvalue weighted by atomic mass is 16.2. The van der Waals surface area contributed by atoms with E-state index in [0.29, 0.717) is 21.1 Å². The molecule has 1 aromatic heterocycles. The number of hydrogen-bond donors (Lipinski definition) is 3. The first kappa shape index (κ1) is 17.7. The Kier molecular flexibility index (Phi) is 4.82. The van der Waals surface area contributed by atoms with Crippen LogP contribution in [-0.4, -0.2) is 38.5 Å². The van der Waals surface area contributed by atoms with Gasteiger partial charge < -0.3 is 11.5 Å². The zero-order chi connectivity index (χ0) is 18.7. The van der Waals surface area contributed by atoms with Gasteiger partial charge in [-0.25, -0.2) is 9.59 Å². The maximum atomic E-state index is 11.9. The molecule has 0 aliphatic carbocycles. The van der Waals surface area contributed by atoms with E-state index in [4.69, 9.17) is 11.5 Å². The number of aromatic amines is 1. The molecule has 5 N–H and O–H groups in total. The third kappa shape index (κ3) is 3.47. The lowest BCUT2D eigenvalue weighted by Gasteiger charge is -2.03. The molecule has 4 amide bonds. The van der Waals surface area contributed by atoms with E-state index in [1.807, 2.05) is 0 Å². The topological polar surface area (TPSA) is 157 Å². The van der Waals surface area contributed by atoms with Crippen LogP contribution in [0.25, 0.3) is 6.08 Å². The molecule has 2 rings (SSSR count). The van der Waals surface area contributed by atoms with Crippen molar-refractivity contribution in [3.8, 4) is 0 Å². The highest BCUT2D eigenvalue weighted by Crippen LogP contribution is 2.14. The average Bonchev–Trinajstić information content (AvgIpc) is 2.98. The van der Waals surface area contributed by atoms with Gasteiger partial charge in [-0.1, -0.05) is 18.2 Å². The molecule has 10 heteroatoms. The molecule has 0 unspecified atom stereocenters. The van der Waals surface area contributed by atoms with E-state index < -0.39 is 23.5 Å². The fourth-order valence-corrected chi connectivity index (χ4v) is 2.14. The van der Waals surface area contributed by atoms with Crippen molar-refractivity contribution in [1.82, 2.24) is 14.8 Å². The summed E-state index contributed by atoms with van der Waals surface area (Å²) < 4.78 is 0.704. The zero-order valence-electron chi connectivity index (χ0n) is 13.5. The van der Waals surface area contributed by atoms with Crippen LogP contribution in [0.4, 0.5) is 9.59 Å². The predicted octanol–water partition coefficient (Wildman–Crippen LogP) is 0.204. The zero-order valence-corrected chi connectivity index (χ0v) is 13.5. The van der Waals surface area contributed by atoms with E-state index in [-0.39, 0.29) is 11.1 Å². The second kappa shape index (κ2) is 6.83. The maximum absolute atomic E-state index is 11.9. The Balaban J connectivity index is 2.15. The summed E-state index contributed by atoms with van der Waals surface area (Å²) in [6.45, 7) is 3.20. The van der Waals surface area contributed by atoms with Crippen molar-refractivity contribution in [2.45, 2.75) is 13.8 Å². The van der Waals surface area contributed by atoms with Crippen LogP contribution in [0.1, 0.15) is 18.2 Å². The number of primary amides is 2. The number of allylic oxidation sites excluding steroid dienone is 4. The van der Waals surface area contributed by atoms with Crippen molar-refractivity contribution in [2.24, 2.45) is 16.6 Å². The monoisotopic (exact) mass is 344 g/mol. The lowest BCUT2D eigenvalue weighted by Crippen LogP contribution is -2.33. The van der Waals surface area contributed by atoms with E-state index in [2.05, 4.69) is 10.2 Å². The molecule has 0 radical (unpaired) electrons. The van der Waals surface area contributed by atoms with Gasteiger partial charge in [0.2, 0.25) is 0 Å². The molecule has 0 bridgehead atoms. The largest absolute Gasteiger partial charge is 0.350 e. The summed E-state index contributed by atoms with van der Waals surface area (Å²) in [5, 5.41) is 6.89. The molecule has 2 heterocycles. The number of nitrogens with one attached hydrogen (secondary N) is 1. The third-order valence-electron chi connectivity index (χ3n) is 3.36. The van der Waals surface area contributed by atoms with Crippen molar-refractivity contribution >= 4 is 29.8 Å². The summed E-state index contributed by atoms with van der Waals surface area (Å²) in [6.07, 6.45) is 7.64. The first-order valence-electron chi connectivity index (χ1n) is 7.10. The molecule has 0 saturated carbocycles. The number of hydrogen-bond acceptors (Lipinski definition) is 5. The third-order valence-corrected chi connectivity index (χ3v) is 3.36. The number of H-pyrrole nitrogens is 1. The summed E-state index contributed by atoms with van der Waals surface area (Å²) in [5.41, 5.74) is 10.9. The number of nitrogens with zero attached hydrogens (tertiary/aromatic N) is 3. The van der Waals surface area contributed by atoms with Gasteiger partial charge >= 0.3 is 12.1 Å². The highest BCUT2D eigenvalue weighted by Gasteiger charge is 2.30. The van der Waals surface area contributed by atoms with Crippen LogP contribution >= 0.6 is 0 Å². The number of carbonyl (C=O) groups excluding carboxylic acids is 3. The van der Waals surface area contributed by atoms with Crippen LogP contribution in [0.5, 0.6) is 0 Å². The second-order valence-corrected chi connectivity index (χ2v) is 5.09. The van der Waals surface area contributed by atoms with Gasteiger partial charge in [-0.2, -0.15) is 9.78 Å². The summed E-state index contributed by atoms with van der Waals surface area (Å²) >= 11 is 0. The molecule has 0 spiro atoms. The van der Waals surface area contributed by atoms with Crippen molar-refractivity contribution in [2.75, 3.05) is 0 Å². The molecule has 0 saturated heterocycles. The Morgan fingerprint density at radius 1 is 1.08 bits per heavy atom. The summed E-state index contributed by atoms with van der Waals surface area (Å²) in [5.74, 6) is -0.607. The minimum Gasteiger partial charge on any atom is -0.350 e. The number of hydrazone groups is 1. The smallest absolute Gasteiger partial charge is 0.342 e. The van der Waals surface area contributed by atoms with Crippen LogP contribution in [0.3, 0.4) is 0 Å². The quantitative estimate of drug-likeness (QED) is 0.529. The molecule has 0 fully saturated rings. The minimum absolute atomic E-state index is 0.234. The number of amides is 4. The van der Waals surface area contributed by atoms with E-state index in [1.165, 1.54) is 12.2 Å². The number of carbonyl (C=O) groups is 3. The van der Waals surface area contributed by atoms with Gasteiger partial charge in [0.1, 0.15) is 0 Å². The van der Waals surface area contributed by atoms with Gasteiger partial charge in [-0.15, -0.1) is 5.01 Å². The van der Waals surface area contributed by atoms with E-state index >= 15 is 0 Å². The summed E-state index contributed by atoms with van der Waals surface area (Å²) in [6, 6.07) is -1.85. The molecule has 25 heavy (non-hydrogen) atoms. The Hall–Kier alpha value is -3.69. The Bertz CT molecular complexity index is 928. The van der Waals surface area contributed by atoms with Gasteiger partial charge in [0.25, 0.3) is 11.5 Å². The van der Waals surface area contributed by atoms with Crippen molar-refractivity contribution in [3.63, 3.8) is 0 Å². The number of aryl methyl sites for hydroxylation is 1. The number of urea groups is 1. The van der Waals surface area contributed by atoms with E-state index in [0.717, 1.165) is 0 Å². The molecule has 10 nitrogen and oxygen atoms in total. The second-order valence-electron chi connectivity index (χ2n) is 5.09. The molecule has 1 aliphatic rings. The summed E-state index contributed by atoms with van der Waals surface area (Å²) in [4.78, 5) is 45.9.